The molecule has 0 bridgehead atoms. The van der Waals surface area contributed by atoms with Crippen LogP contribution in [0.1, 0.15) is 35.3 Å². The van der Waals surface area contributed by atoms with E-state index in [0.717, 1.165) is 5.75 Å². The van der Waals surface area contributed by atoms with Gasteiger partial charge in [-0.15, -0.1) is 11.8 Å². The van der Waals surface area contributed by atoms with Gasteiger partial charge in [-0.3, -0.25) is 9.59 Å². The third kappa shape index (κ3) is 5.92. The van der Waals surface area contributed by atoms with Crippen LogP contribution >= 0.6 is 11.8 Å². The molecular weight excluding hydrogens is 344 g/mol. The summed E-state index contributed by atoms with van der Waals surface area (Å²) in [6.45, 7) is 7.36. The highest BCUT2D eigenvalue weighted by Gasteiger charge is 2.12. The number of amides is 2. The average Bonchev–Trinajstić information content (AvgIpc) is 2.65. The summed E-state index contributed by atoms with van der Waals surface area (Å²) in [5.41, 5.74) is 3.80. The van der Waals surface area contributed by atoms with Gasteiger partial charge in [-0.25, -0.2) is 0 Å². The lowest BCUT2D eigenvalue weighted by atomic mass is 10.2. The highest BCUT2D eigenvalue weighted by molar-refractivity contribution is 7.99. The number of nitrogens with one attached hydrogen (secondary N) is 1. The van der Waals surface area contributed by atoms with E-state index in [1.165, 1.54) is 11.1 Å². The smallest absolute Gasteiger partial charge is 0.253 e. The molecule has 2 aromatic carbocycles. The summed E-state index contributed by atoms with van der Waals surface area (Å²) < 4.78 is 0. The summed E-state index contributed by atoms with van der Waals surface area (Å²) >= 11 is 1.58. The van der Waals surface area contributed by atoms with Crippen LogP contribution in [0.25, 0.3) is 0 Å². The first kappa shape index (κ1) is 20.0. The van der Waals surface area contributed by atoms with Gasteiger partial charge in [0.15, 0.2) is 0 Å². The number of anilines is 1. The van der Waals surface area contributed by atoms with Crippen molar-refractivity contribution in [1.29, 1.82) is 0 Å². The van der Waals surface area contributed by atoms with E-state index in [1.54, 1.807) is 40.9 Å². The minimum Gasteiger partial charge on any atom is -0.339 e. The summed E-state index contributed by atoms with van der Waals surface area (Å²) in [5.74, 6) is 1.19. The van der Waals surface area contributed by atoms with Crippen LogP contribution in [0.2, 0.25) is 0 Å². The van der Waals surface area contributed by atoms with Crippen LogP contribution in [0.4, 0.5) is 5.69 Å². The third-order valence-electron chi connectivity index (χ3n) is 4.09. The number of carbonyl (C=O) groups is 2. The number of hydrogen-bond donors (Lipinski definition) is 1. The largest absolute Gasteiger partial charge is 0.339 e. The standard InChI is InChI=1S/C21H26N2O2S/c1-4-23(5-2)21(25)18-10-12-19(13-11-18)22-20(24)15-26-14-17-8-6-16(3)7-9-17/h6-13H,4-5,14-15H2,1-3H3,(H,22,24). The molecule has 2 rings (SSSR count). The van der Waals surface area contributed by atoms with Crippen LogP contribution in [-0.2, 0) is 10.5 Å². The van der Waals surface area contributed by atoms with Crippen molar-refractivity contribution < 1.29 is 9.59 Å². The topological polar surface area (TPSA) is 49.4 Å². The van der Waals surface area contributed by atoms with Crippen molar-refractivity contribution >= 4 is 29.3 Å². The van der Waals surface area contributed by atoms with Crippen LogP contribution in [0.15, 0.2) is 48.5 Å². The maximum Gasteiger partial charge on any atom is 0.253 e. The third-order valence-corrected chi connectivity index (χ3v) is 5.09. The first-order valence-corrected chi connectivity index (χ1v) is 10.0. The Labute approximate surface area is 160 Å². The lowest BCUT2D eigenvalue weighted by Crippen LogP contribution is -2.30. The molecule has 0 fully saturated rings. The van der Waals surface area contributed by atoms with Crippen LogP contribution in [0.5, 0.6) is 0 Å². The zero-order valence-electron chi connectivity index (χ0n) is 15.6. The normalized spacial score (nSPS) is 10.4. The Bertz CT molecular complexity index is 723. The van der Waals surface area contributed by atoms with Crippen LogP contribution in [-0.4, -0.2) is 35.6 Å². The molecule has 0 spiro atoms. The molecular formula is C21H26N2O2S. The average molecular weight is 371 g/mol. The van der Waals surface area contributed by atoms with Gasteiger partial charge in [-0.1, -0.05) is 29.8 Å². The molecule has 0 aliphatic carbocycles. The molecule has 0 aliphatic heterocycles. The highest BCUT2D eigenvalue weighted by atomic mass is 32.2. The Morgan fingerprint density at radius 1 is 0.962 bits per heavy atom. The molecule has 2 aromatic rings. The molecule has 0 aliphatic rings. The van der Waals surface area contributed by atoms with Crippen molar-refractivity contribution in [2.45, 2.75) is 26.5 Å². The van der Waals surface area contributed by atoms with Gasteiger partial charge in [0, 0.05) is 30.1 Å². The van der Waals surface area contributed by atoms with Crippen molar-refractivity contribution in [1.82, 2.24) is 4.90 Å². The molecule has 0 saturated heterocycles. The predicted octanol–water partition coefficient (Wildman–Crippen LogP) is 4.35. The van der Waals surface area contributed by atoms with Gasteiger partial charge in [0.1, 0.15) is 0 Å². The molecule has 0 heterocycles. The van der Waals surface area contributed by atoms with Crippen LogP contribution < -0.4 is 5.32 Å². The SMILES string of the molecule is CCN(CC)C(=O)c1ccc(NC(=O)CSCc2ccc(C)cc2)cc1. The first-order chi connectivity index (χ1) is 12.5. The van der Waals surface area contributed by atoms with Crippen molar-refractivity contribution in [3.63, 3.8) is 0 Å². The summed E-state index contributed by atoms with van der Waals surface area (Å²) in [5, 5.41) is 2.88. The quantitative estimate of drug-likeness (QED) is 0.751. The van der Waals surface area contributed by atoms with Crippen molar-refractivity contribution in [3.8, 4) is 0 Å². The van der Waals surface area contributed by atoms with Crippen LogP contribution in [0, 0.1) is 6.92 Å². The Morgan fingerprint density at radius 2 is 1.58 bits per heavy atom. The number of carbonyl (C=O) groups excluding carboxylic acids is 2. The number of thioether (sulfide) groups is 1. The molecule has 138 valence electrons. The number of rotatable bonds is 8. The lowest BCUT2D eigenvalue weighted by Gasteiger charge is -2.18. The Balaban J connectivity index is 1.81. The fourth-order valence-electron chi connectivity index (χ4n) is 2.53. The first-order valence-electron chi connectivity index (χ1n) is 8.86. The van der Waals surface area contributed by atoms with E-state index in [0.29, 0.717) is 30.1 Å². The number of nitrogens with zero attached hydrogens (tertiary/aromatic N) is 1. The second kappa shape index (κ2) is 10.0. The van der Waals surface area contributed by atoms with Crippen molar-refractivity contribution in [2.24, 2.45) is 0 Å². The molecule has 0 saturated carbocycles. The fraction of sp³-hybridized carbons (Fsp3) is 0.333. The lowest BCUT2D eigenvalue weighted by molar-refractivity contribution is -0.113. The zero-order chi connectivity index (χ0) is 18.9. The molecule has 26 heavy (non-hydrogen) atoms. The molecule has 0 unspecified atom stereocenters. The predicted molar refractivity (Wildman–Crippen MR) is 110 cm³/mol. The summed E-state index contributed by atoms with van der Waals surface area (Å²) in [6, 6.07) is 15.4. The van der Waals surface area contributed by atoms with Gasteiger partial charge in [0.25, 0.3) is 5.91 Å². The maximum absolute atomic E-state index is 12.3. The second-order valence-electron chi connectivity index (χ2n) is 6.08. The molecule has 0 radical (unpaired) electrons. The van der Waals surface area contributed by atoms with E-state index in [9.17, 15) is 9.59 Å². The van der Waals surface area contributed by atoms with Crippen molar-refractivity contribution in [3.05, 3.63) is 65.2 Å². The molecule has 0 aromatic heterocycles. The Hall–Kier alpha value is -2.27. The van der Waals surface area contributed by atoms with Crippen LogP contribution in [0.3, 0.4) is 0 Å². The van der Waals surface area contributed by atoms with E-state index >= 15 is 0 Å². The number of benzene rings is 2. The Morgan fingerprint density at radius 3 is 2.15 bits per heavy atom. The summed E-state index contributed by atoms with van der Waals surface area (Å²) in [6.07, 6.45) is 0. The van der Waals surface area contributed by atoms with Gasteiger partial charge in [0.05, 0.1) is 5.75 Å². The number of hydrogen-bond acceptors (Lipinski definition) is 3. The minimum absolute atomic E-state index is 0.0153. The van der Waals surface area contributed by atoms with E-state index in [1.807, 2.05) is 13.8 Å². The van der Waals surface area contributed by atoms with Gasteiger partial charge < -0.3 is 10.2 Å². The van der Waals surface area contributed by atoms with Crippen molar-refractivity contribution in [2.75, 3.05) is 24.2 Å². The molecule has 4 nitrogen and oxygen atoms in total. The van der Waals surface area contributed by atoms with Gasteiger partial charge in [-0.05, 0) is 50.6 Å². The summed E-state index contributed by atoms with van der Waals surface area (Å²) in [7, 11) is 0. The highest BCUT2D eigenvalue weighted by Crippen LogP contribution is 2.15. The molecule has 2 amide bonds. The molecule has 5 heteroatoms. The second-order valence-corrected chi connectivity index (χ2v) is 7.07. The minimum atomic E-state index is -0.0371. The monoisotopic (exact) mass is 370 g/mol. The van der Waals surface area contributed by atoms with Gasteiger partial charge in [-0.2, -0.15) is 0 Å². The van der Waals surface area contributed by atoms with Gasteiger partial charge in [0.2, 0.25) is 5.91 Å². The summed E-state index contributed by atoms with van der Waals surface area (Å²) in [4.78, 5) is 26.1. The van der Waals surface area contributed by atoms with E-state index < -0.39 is 0 Å². The molecule has 1 N–H and O–H groups in total. The Kier molecular flexibility index (Phi) is 7.73. The van der Waals surface area contributed by atoms with E-state index in [4.69, 9.17) is 0 Å². The molecule has 0 atom stereocenters. The number of aryl methyl sites for hydroxylation is 1. The zero-order valence-corrected chi connectivity index (χ0v) is 16.4. The van der Waals surface area contributed by atoms with E-state index in [-0.39, 0.29) is 11.8 Å². The van der Waals surface area contributed by atoms with Gasteiger partial charge >= 0.3 is 0 Å². The van der Waals surface area contributed by atoms with E-state index in [2.05, 4.69) is 36.5 Å². The maximum atomic E-state index is 12.3. The fourth-order valence-corrected chi connectivity index (χ4v) is 3.32.